The van der Waals surface area contributed by atoms with Crippen molar-refractivity contribution in [2.75, 3.05) is 52.6 Å². The van der Waals surface area contributed by atoms with Crippen LogP contribution in [-0.2, 0) is 25.0 Å². The number of hydrogen-bond acceptors (Lipinski definition) is 5. The molecule has 1 heterocycles. The Balaban J connectivity index is 2.01. The minimum absolute atomic E-state index is 0.00800. The topological polar surface area (TPSA) is 87.2 Å². The van der Waals surface area contributed by atoms with Gasteiger partial charge in [-0.05, 0) is 32.1 Å². The normalized spacial score (nSPS) is 23.3. The second-order valence-electron chi connectivity index (χ2n) is 6.55. The summed E-state index contributed by atoms with van der Waals surface area (Å²) in [5, 5.41) is 0. The van der Waals surface area contributed by atoms with Crippen LogP contribution in [0.25, 0.3) is 0 Å². The minimum Gasteiger partial charge on any atom is -0.377 e. The van der Waals surface area contributed by atoms with Crippen LogP contribution in [-0.4, -0.2) is 88.5 Å². The maximum atomic E-state index is 12.7. The Bertz CT molecular complexity index is 616. The first-order valence-corrected chi connectivity index (χ1v) is 11.5. The third kappa shape index (κ3) is 4.89. The van der Waals surface area contributed by atoms with Crippen LogP contribution in [0.4, 0.5) is 0 Å². The maximum absolute atomic E-state index is 12.7. The van der Waals surface area contributed by atoms with Gasteiger partial charge in [-0.3, -0.25) is 0 Å². The van der Waals surface area contributed by atoms with Crippen LogP contribution in [0.3, 0.4) is 0 Å². The highest BCUT2D eigenvalue weighted by Crippen LogP contribution is 2.35. The first kappa shape index (κ1) is 20.1. The standard InChI is InChI=1S/C14H29N3O5S2/c1-4-22-14(13-6-7-13)12-23(18,19)16-8-5-9-17(11-10-16)24(20,21)15(2)3/h13-14H,4-12H2,1-3H3. The van der Waals surface area contributed by atoms with E-state index in [4.69, 9.17) is 4.74 Å². The van der Waals surface area contributed by atoms with E-state index in [1.807, 2.05) is 6.92 Å². The van der Waals surface area contributed by atoms with Crippen LogP contribution in [0, 0.1) is 5.92 Å². The largest absolute Gasteiger partial charge is 0.377 e. The Labute approximate surface area is 146 Å². The molecule has 0 aromatic rings. The molecule has 2 aliphatic rings. The van der Waals surface area contributed by atoms with Crippen LogP contribution in [0.5, 0.6) is 0 Å². The summed E-state index contributed by atoms with van der Waals surface area (Å²) in [6, 6.07) is 0. The van der Waals surface area contributed by atoms with Gasteiger partial charge in [0.1, 0.15) is 0 Å². The third-order valence-corrected chi connectivity index (χ3v) is 8.34. The molecule has 0 spiro atoms. The average molecular weight is 384 g/mol. The molecule has 1 saturated carbocycles. The van der Waals surface area contributed by atoms with E-state index in [0.717, 1.165) is 17.1 Å². The predicted octanol–water partition coefficient (Wildman–Crippen LogP) is -0.0546. The molecule has 10 heteroatoms. The quantitative estimate of drug-likeness (QED) is 0.586. The molecule has 2 rings (SSSR count). The van der Waals surface area contributed by atoms with Gasteiger partial charge >= 0.3 is 0 Å². The van der Waals surface area contributed by atoms with Crippen LogP contribution in [0.1, 0.15) is 26.2 Å². The summed E-state index contributed by atoms with van der Waals surface area (Å²) < 4.78 is 59.4. The van der Waals surface area contributed by atoms with E-state index in [2.05, 4.69) is 0 Å². The molecular weight excluding hydrogens is 354 g/mol. The summed E-state index contributed by atoms with van der Waals surface area (Å²) in [6.45, 7) is 3.44. The molecule has 0 radical (unpaired) electrons. The molecule has 0 amide bonds. The molecule has 1 atom stereocenters. The Hall–Kier alpha value is -0.260. The number of ether oxygens (including phenoxy) is 1. The zero-order valence-electron chi connectivity index (χ0n) is 14.7. The molecule has 24 heavy (non-hydrogen) atoms. The smallest absolute Gasteiger partial charge is 0.281 e. The molecule has 0 aromatic heterocycles. The van der Waals surface area contributed by atoms with Gasteiger partial charge in [0.2, 0.25) is 10.0 Å². The number of sulfonamides is 1. The maximum Gasteiger partial charge on any atom is 0.281 e. The van der Waals surface area contributed by atoms with Crippen LogP contribution >= 0.6 is 0 Å². The van der Waals surface area contributed by atoms with Crippen LogP contribution in [0.15, 0.2) is 0 Å². The molecule has 2 fully saturated rings. The lowest BCUT2D eigenvalue weighted by Crippen LogP contribution is -2.43. The fraction of sp³-hybridized carbons (Fsp3) is 1.00. The van der Waals surface area contributed by atoms with Gasteiger partial charge in [-0.25, -0.2) is 12.7 Å². The van der Waals surface area contributed by atoms with Crippen LogP contribution in [0.2, 0.25) is 0 Å². The monoisotopic (exact) mass is 383 g/mol. The van der Waals surface area contributed by atoms with Crippen molar-refractivity contribution in [1.29, 1.82) is 0 Å². The van der Waals surface area contributed by atoms with E-state index in [1.165, 1.54) is 22.7 Å². The first-order valence-electron chi connectivity index (χ1n) is 8.45. The molecule has 142 valence electrons. The van der Waals surface area contributed by atoms with Gasteiger partial charge in [0.25, 0.3) is 10.2 Å². The van der Waals surface area contributed by atoms with E-state index in [-0.39, 0.29) is 24.9 Å². The molecule has 0 bridgehead atoms. The molecular formula is C14H29N3O5S2. The van der Waals surface area contributed by atoms with Crippen molar-refractivity contribution in [3.8, 4) is 0 Å². The van der Waals surface area contributed by atoms with Crippen molar-refractivity contribution in [2.45, 2.75) is 32.3 Å². The highest BCUT2D eigenvalue weighted by atomic mass is 32.2. The summed E-state index contributed by atoms with van der Waals surface area (Å²) in [6.07, 6.45) is 2.30. The highest BCUT2D eigenvalue weighted by Gasteiger charge is 2.38. The number of nitrogens with zero attached hydrogens (tertiary/aromatic N) is 3. The molecule has 1 unspecified atom stereocenters. The SMILES string of the molecule is CCOC(CS(=O)(=O)N1CCCN(S(=O)(=O)N(C)C)CC1)C1CC1. The zero-order chi connectivity index (χ0) is 18.0. The van der Waals surface area contributed by atoms with Crippen molar-refractivity contribution in [1.82, 2.24) is 12.9 Å². The first-order chi connectivity index (χ1) is 11.2. The molecule has 8 nitrogen and oxygen atoms in total. The van der Waals surface area contributed by atoms with Crippen molar-refractivity contribution in [3.05, 3.63) is 0 Å². The van der Waals surface area contributed by atoms with Gasteiger partial charge in [-0.15, -0.1) is 0 Å². The summed E-state index contributed by atoms with van der Waals surface area (Å²) >= 11 is 0. The Morgan fingerprint density at radius 1 is 1.04 bits per heavy atom. The predicted molar refractivity (Wildman–Crippen MR) is 92.3 cm³/mol. The van der Waals surface area contributed by atoms with Gasteiger partial charge in [0.05, 0.1) is 11.9 Å². The fourth-order valence-electron chi connectivity index (χ4n) is 2.93. The summed E-state index contributed by atoms with van der Waals surface area (Å²) in [5.74, 6) is 0.337. The van der Waals surface area contributed by atoms with E-state index in [1.54, 1.807) is 0 Å². The average Bonchev–Trinajstić information content (AvgIpc) is 3.32. The van der Waals surface area contributed by atoms with Gasteiger partial charge in [0.15, 0.2) is 0 Å². The van der Waals surface area contributed by atoms with Crippen molar-refractivity contribution in [2.24, 2.45) is 5.92 Å². The Morgan fingerprint density at radius 3 is 2.17 bits per heavy atom. The molecule has 0 N–H and O–H groups in total. The number of hydrogen-bond donors (Lipinski definition) is 0. The lowest BCUT2D eigenvalue weighted by molar-refractivity contribution is 0.0623. The molecule has 1 aliphatic carbocycles. The second-order valence-corrected chi connectivity index (χ2v) is 10.7. The summed E-state index contributed by atoms with van der Waals surface area (Å²) in [7, 11) is -3.99. The third-order valence-electron chi connectivity index (χ3n) is 4.50. The van der Waals surface area contributed by atoms with Crippen molar-refractivity contribution >= 4 is 20.2 Å². The lowest BCUT2D eigenvalue weighted by Gasteiger charge is -2.25. The molecule has 1 aliphatic heterocycles. The minimum atomic E-state index is -3.51. The highest BCUT2D eigenvalue weighted by molar-refractivity contribution is 7.89. The van der Waals surface area contributed by atoms with E-state index >= 15 is 0 Å². The van der Waals surface area contributed by atoms with Gasteiger partial charge < -0.3 is 4.74 Å². The van der Waals surface area contributed by atoms with Gasteiger partial charge in [-0.1, -0.05) is 0 Å². The lowest BCUT2D eigenvalue weighted by atomic mass is 10.3. The molecule has 1 saturated heterocycles. The zero-order valence-corrected chi connectivity index (χ0v) is 16.4. The number of rotatable bonds is 8. The Kier molecular flexibility index (Phi) is 6.65. The van der Waals surface area contributed by atoms with Crippen molar-refractivity contribution in [3.63, 3.8) is 0 Å². The van der Waals surface area contributed by atoms with Gasteiger partial charge in [0, 0.05) is 46.9 Å². The molecule has 0 aromatic carbocycles. The summed E-state index contributed by atoms with van der Waals surface area (Å²) in [4.78, 5) is 0. The van der Waals surface area contributed by atoms with Crippen LogP contribution < -0.4 is 0 Å². The summed E-state index contributed by atoms with van der Waals surface area (Å²) in [5.41, 5.74) is 0. The van der Waals surface area contributed by atoms with E-state index < -0.39 is 20.2 Å². The van der Waals surface area contributed by atoms with E-state index in [0.29, 0.717) is 32.0 Å². The van der Waals surface area contributed by atoms with Gasteiger partial charge in [-0.2, -0.15) is 17.0 Å². The fourth-order valence-corrected chi connectivity index (χ4v) is 5.82. The second kappa shape index (κ2) is 7.96. The Morgan fingerprint density at radius 2 is 1.62 bits per heavy atom. The van der Waals surface area contributed by atoms with Crippen molar-refractivity contribution < 1.29 is 21.6 Å². The van der Waals surface area contributed by atoms with E-state index in [9.17, 15) is 16.8 Å².